The second-order valence-corrected chi connectivity index (χ2v) is 5.44. The van der Waals surface area contributed by atoms with Gasteiger partial charge in [-0.2, -0.15) is 0 Å². The number of fused-ring (bicyclic) bond motifs is 3. The Labute approximate surface area is 121 Å². The first kappa shape index (κ1) is 12.9. The highest BCUT2D eigenvalue weighted by Crippen LogP contribution is 2.52. The van der Waals surface area contributed by atoms with Crippen LogP contribution >= 0.6 is 0 Å². The zero-order valence-corrected chi connectivity index (χ0v) is 12.0. The lowest BCUT2D eigenvalue weighted by molar-refractivity contribution is 0.542. The quantitative estimate of drug-likeness (QED) is 0.637. The van der Waals surface area contributed by atoms with Crippen LogP contribution in [0, 0.1) is 0 Å². The van der Waals surface area contributed by atoms with E-state index in [9.17, 15) is 0 Å². The molecule has 0 heteroatoms. The molecule has 2 aromatic rings. The van der Waals surface area contributed by atoms with Crippen molar-refractivity contribution in [2.45, 2.75) is 25.2 Å². The normalized spacial score (nSPS) is 15.1. The van der Waals surface area contributed by atoms with E-state index in [0.29, 0.717) is 0 Å². The maximum atomic E-state index is 4.00. The number of hydrogen-bond donors (Lipinski definition) is 0. The van der Waals surface area contributed by atoms with Gasteiger partial charge < -0.3 is 0 Å². The Balaban J connectivity index is 2.29. The van der Waals surface area contributed by atoms with Gasteiger partial charge in [0.25, 0.3) is 0 Å². The van der Waals surface area contributed by atoms with Gasteiger partial charge in [0, 0.05) is 5.41 Å². The van der Waals surface area contributed by atoms with E-state index in [1.807, 2.05) is 0 Å². The van der Waals surface area contributed by atoms with Gasteiger partial charge in [-0.25, -0.2) is 0 Å². The van der Waals surface area contributed by atoms with Crippen molar-refractivity contribution in [2.75, 3.05) is 0 Å². The fourth-order valence-electron chi connectivity index (χ4n) is 3.50. The number of benzene rings is 2. The lowest BCUT2D eigenvalue weighted by Gasteiger charge is -2.30. The third kappa shape index (κ3) is 1.76. The number of rotatable bonds is 4. The first-order chi connectivity index (χ1) is 9.83. The maximum absolute atomic E-state index is 4.00. The van der Waals surface area contributed by atoms with Crippen LogP contribution in [0.5, 0.6) is 0 Å². The predicted molar refractivity (Wildman–Crippen MR) is 86.9 cm³/mol. The van der Waals surface area contributed by atoms with Gasteiger partial charge in [0.2, 0.25) is 0 Å². The molecule has 0 amide bonds. The standard InChI is InChI=1S/C20H20/c1-3-5-15-20(14-4-2)18-12-8-6-10-16(18)17-11-7-9-13-19(17)20/h3-13H,2,14-15H2,1H3/b5-3+. The van der Waals surface area contributed by atoms with Crippen LogP contribution in [0.2, 0.25) is 0 Å². The summed E-state index contributed by atoms with van der Waals surface area (Å²) in [6, 6.07) is 17.6. The molecule has 0 radical (unpaired) electrons. The molecule has 100 valence electrons. The number of allylic oxidation sites excluding steroid dienone is 3. The van der Waals surface area contributed by atoms with E-state index in [1.54, 1.807) is 0 Å². The lowest BCUT2D eigenvalue weighted by Crippen LogP contribution is -2.23. The van der Waals surface area contributed by atoms with Gasteiger partial charge >= 0.3 is 0 Å². The molecule has 1 aliphatic rings. The molecule has 0 spiro atoms. The van der Waals surface area contributed by atoms with Crippen molar-refractivity contribution in [1.82, 2.24) is 0 Å². The third-order valence-electron chi connectivity index (χ3n) is 4.37. The van der Waals surface area contributed by atoms with E-state index in [2.05, 4.69) is 80.3 Å². The maximum Gasteiger partial charge on any atom is 0.0283 e. The Morgan fingerprint density at radius 1 is 0.900 bits per heavy atom. The molecule has 0 N–H and O–H groups in total. The van der Waals surface area contributed by atoms with Crippen molar-refractivity contribution in [3.05, 3.63) is 84.5 Å². The monoisotopic (exact) mass is 260 g/mol. The van der Waals surface area contributed by atoms with E-state index >= 15 is 0 Å². The average molecular weight is 260 g/mol. The van der Waals surface area contributed by atoms with Gasteiger partial charge in [-0.05, 0) is 42.0 Å². The van der Waals surface area contributed by atoms with E-state index in [0.717, 1.165) is 12.8 Å². The highest BCUT2D eigenvalue weighted by atomic mass is 14.4. The smallest absolute Gasteiger partial charge is 0.0283 e. The minimum Gasteiger partial charge on any atom is -0.103 e. The molecule has 1 aliphatic carbocycles. The van der Waals surface area contributed by atoms with Crippen LogP contribution in [0.25, 0.3) is 11.1 Å². The summed E-state index contributed by atoms with van der Waals surface area (Å²) in [5.41, 5.74) is 5.71. The van der Waals surface area contributed by atoms with E-state index < -0.39 is 0 Å². The molecule has 0 aliphatic heterocycles. The van der Waals surface area contributed by atoms with Crippen molar-refractivity contribution >= 4 is 0 Å². The molecule has 0 atom stereocenters. The molecule has 0 fully saturated rings. The highest BCUT2D eigenvalue weighted by Gasteiger charge is 2.40. The van der Waals surface area contributed by atoms with Crippen molar-refractivity contribution < 1.29 is 0 Å². The fraction of sp³-hybridized carbons (Fsp3) is 0.200. The molecule has 0 unspecified atom stereocenters. The molecule has 2 aromatic carbocycles. The first-order valence-electron chi connectivity index (χ1n) is 7.25. The Kier molecular flexibility index (Phi) is 3.31. The lowest BCUT2D eigenvalue weighted by atomic mass is 9.73. The minimum absolute atomic E-state index is 0.0570. The van der Waals surface area contributed by atoms with Gasteiger partial charge in [0.15, 0.2) is 0 Å². The molecule has 20 heavy (non-hydrogen) atoms. The van der Waals surface area contributed by atoms with Gasteiger partial charge in [0.05, 0.1) is 0 Å². The molecule has 0 saturated carbocycles. The number of hydrogen-bond acceptors (Lipinski definition) is 0. The van der Waals surface area contributed by atoms with Crippen LogP contribution in [-0.2, 0) is 5.41 Å². The summed E-state index contributed by atoms with van der Waals surface area (Å²) in [4.78, 5) is 0. The van der Waals surface area contributed by atoms with Crippen molar-refractivity contribution in [2.24, 2.45) is 0 Å². The zero-order valence-electron chi connectivity index (χ0n) is 12.0. The van der Waals surface area contributed by atoms with Crippen LogP contribution in [-0.4, -0.2) is 0 Å². The van der Waals surface area contributed by atoms with Gasteiger partial charge in [-0.3, -0.25) is 0 Å². The molecule has 0 aromatic heterocycles. The van der Waals surface area contributed by atoms with Crippen molar-refractivity contribution in [3.8, 4) is 11.1 Å². The summed E-state index contributed by atoms with van der Waals surface area (Å²) in [5, 5.41) is 0. The molecule has 0 bridgehead atoms. The van der Waals surface area contributed by atoms with Crippen LogP contribution in [0.15, 0.2) is 73.3 Å². The summed E-state index contributed by atoms with van der Waals surface area (Å²) in [5.74, 6) is 0. The Morgan fingerprint density at radius 2 is 1.45 bits per heavy atom. The largest absolute Gasteiger partial charge is 0.103 e. The SMILES string of the molecule is C=CCC1(C/C=C/C)c2ccccc2-c2ccccc21. The summed E-state index contributed by atoms with van der Waals surface area (Å²) >= 11 is 0. The van der Waals surface area contributed by atoms with Crippen LogP contribution in [0.1, 0.15) is 30.9 Å². The fourth-order valence-corrected chi connectivity index (χ4v) is 3.50. The topological polar surface area (TPSA) is 0 Å². The Bertz CT molecular complexity index is 616. The van der Waals surface area contributed by atoms with Crippen LogP contribution in [0.4, 0.5) is 0 Å². The van der Waals surface area contributed by atoms with Gasteiger partial charge in [-0.15, -0.1) is 6.58 Å². The molecular formula is C20H20. The summed E-state index contributed by atoms with van der Waals surface area (Å²) in [7, 11) is 0. The summed E-state index contributed by atoms with van der Waals surface area (Å²) in [6.07, 6.45) is 8.49. The first-order valence-corrected chi connectivity index (χ1v) is 7.25. The molecule has 0 saturated heterocycles. The van der Waals surface area contributed by atoms with E-state index in [-0.39, 0.29) is 5.41 Å². The van der Waals surface area contributed by atoms with Gasteiger partial charge in [-0.1, -0.05) is 66.8 Å². The highest BCUT2D eigenvalue weighted by molar-refractivity contribution is 5.81. The Morgan fingerprint density at radius 3 is 1.95 bits per heavy atom. The van der Waals surface area contributed by atoms with Gasteiger partial charge in [0.1, 0.15) is 0 Å². The summed E-state index contributed by atoms with van der Waals surface area (Å²) < 4.78 is 0. The zero-order chi connectivity index (χ0) is 14.0. The van der Waals surface area contributed by atoms with Crippen molar-refractivity contribution in [1.29, 1.82) is 0 Å². The second-order valence-electron chi connectivity index (χ2n) is 5.44. The molecular weight excluding hydrogens is 240 g/mol. The molecule has 0 heterocycles. The van der Waals surface area contributed by atoms with Crippen molar-refractivity contribution in [3.63, 3.8) is 0 Å². The average Bonchev–Trinajstić information content (AvgIpc) is 2.78. The van der Waals surface area contributed by atoms with E-state index in [1.165, 1.54) is 22.3 Å². The predicted octanol–water partition coefficient (Wildman–Crippen LogP) is 5.50. The second kappa shape index (κ2) is 5.13. The minimum atomic E-state index is 0.0570. The third-order valence-corrected chi connectivity index (χ3v) is 4.37. The van der Waals surface area contributed by atoms with Crippen LogP contribution in [0.3, 0.4) is 0 Å². The Hall–Kier alpha value is -2.08. The summed E-state index contributed by atoms with van der Waals surface area (Å²) in [6.45, 7) is 6.09. The van der Waals surface area contributed by atoms with E-state index in [4.69, 9.17) is 0 Å². The van der Waals surface area contributed by atoms with Crippen LogP contribution < -0.4 is 0 Å². The molecule has 3 rings (SSSR count). The molecule has 0 nitrogen and oxygen atoms in total.